The first-order valence-corrected chi connectivity index (χ1v) is 5.78. The van der Waals surface area contributed by atoms with Crippen LogP contribution in [0.2, 0.25) is 0 Å². The van der Waals surface area contributed by atoms with Crippen LogP contribution < -0.4 is 9.47 Å². The van der Waals surface area contributed by atoms with Crippen LogP contribution in [-0.4, -0.2) is 38.5 Å². The quantitative estimate of drug-likeness (QED) is 0.562. The van der Waals surface area contributed by atoms with E-state index < -0.39 is 0 Å². The molecule has 0 fully saturated rings. The Hall–Kier alpha value is -1.71. The Kier molecular flexibility index (Phi) is 5.33. The Morgan fingerprint density at radius 2 is 1.76 bits per heavy atom. The zero-order valence-electron chi connectivity index (χ0n) is 10.9. The highest BCUT2D eigenvalue weighted by molar-refractivity contribution is 5.80. The zero-order valence-corrected chi connectivity index (χ0v) is 10.9. The summed E-state index contributed by atoms with van der Waals surface area (Å²) in [6, 6.07) is 5.80. The number of hydrogen-bond acceptors (Lipinski definition) is 4. The molecule has 0 radical (unpaired) electrons. The van der Waals surface area contributed by atoms with Gasteiger partial charge in [0.05, 0.1) is 19.4 Å². The Balaban J connectivity index is 2.92. The Bertz CT molecular complexity index is 376. The molecule has 17 heavy (non-hydrogen) atoms. The van der Waals surface area contributed by atoms with E-state index in [9.17, 15) is 0 Å². The molecule has 0 saturated carbocycles. The third-order valence-electron chi connectivity index (χ3n) is 2.01. The van der Waals surface area contributed by atoms with Crippen LogP contribution in [0.25, 0.3) is 0 Å². The molecule has 0 unspecified atom stereocenters. The van der Waals surface area contributed by atoms with E-state index in [1.54, 1.807) is 11.2 Å². The average molecular weight is 236 g/mol. The van der Waals surface area contributed by atoms with E-state index in [1.807, 2.05) is 46.1 Å². The molecule has 0 aliphatic carbocycles. The fourth-order valence-corrected chi connectivity index (χ4v) is 1.33. The van der Waals surface area contributed by atoms with Gasteiger partial charge in [-0.2, -0.15) is 5.10 Å². The number of rotatable bonds is 6. The van der Waals surface area contributed by atoms with E-state index in [0.29, 0.717) is 13.2 Å². The van der Waals surface area contributed by atoms with Crippen molar-refractivity contribution in [1.29, 1.82) is 0 Å². The van der Waals surface area contributed by atoms with E-state index in [0.717, 1.165) is 17.1 Å². The van der Waals surface area contributed by atoms with Crippen LogP contribution in [0.15, 0.2) is 23.3 Å². The summed E-state index contributed by atoms with van der Waals surface area (Å²) in [5, 5.41) is 5.93. The van der Waals surface area contributed by atoms with Crippen molar-refractivity contribution < 1.29 is 9.47 Å². The van der Waals surface area contributed by atoms with Crippen molar-refractivity contribution >= 4 is 6.21 Å². The molecule has 4 nitrogen and oxygen atoms in total. The molecule has 0 heterocycles. The lowest BCUT2D eigenvalue weighted by Crippen LogP contribution is -2.02. The maximum atomic E-state index is 5.54. The molecule has 0 aliphatic heterocycles. The summed E-state index contributed by atoms with van der Waals surface area (Å²) in [6.45, 7) is 5.16. The van der Waals surface area contributed by atoms with Gasteiger partial charge < -0.3 is 14.5 Å². The molecule has 0 aliphatic rings. The van der Waals surface area contributed by atoms with E-state index in [1.165, 1.54) is 0 Å². The summed E-state index contributed by atoms with van der Waals surface area (Å²) in [5.41, 5.74) is 0.991. The van der Waals surface area contributed by atoms with E-state index in [2.05, 4.69) is 5.10 Å². The number of benzene rings is 1. The SMILES string of the molecule is CCOc1ccc(/C=N/N(C)C)cc1OCC. The van der Waals surface area contributed by atoms with Gasteiger partial charge in [-0.1, -0.05) is 0 Å². The van der Waals surface area contributed by atoms with Gasteiger partial charge in [-0.05, 0) is 37.6 Å². The maximum absolute atomic E-state index is 5.54. The molecular weight excluding hydrogens is 216 g/mol. The summed E-state index contributed by atoms with van der Waals surface area (Å²) >= 11 is 0. The minimum Gasteiger partial charge on any atom is -0.490 e. The van der Waals surface area contributed by atoms with Crippen molar-refractivity contribution in [2.45, 2.75) is 13.8 Å². The first kappa shape index (κ1) is 13.4. The molecule has 1 aromatic carbocycles. The van der Waals surface area contributed by atoms with Crippen molar-refractivity contribution in [3.63, 3.8) is 0 Å². The molecule has 0 amide bonds. The standard InChI is InChI=1S/C13H20N2O2/c1-5-16-12-8-7-11(10-14-15(3)4)9-13(12)17-6-2/h7-10H,5-6H2,1-4H3/b14-10+. The number of ether oxygens (including phenoxy) is 2. The molecule has 0 spiro atoms. The van der Waals surface area contributed by atoms with Gasteiger partial charge in [-0.3, -0.25) is 0 Å². The predicted octanol–water partition coefficient (Wildman–Crippen LogP) is 2.38. The van der Waals surface area contributed by atoms with Crippen LogP contribution >= 0.6 is 0 Å². The van der Waals surface area contributed by atoms with Crippen molar-refractivity contribution in [1.82, 2.24) is 5.01 Å². The second kappa shape index (κ2) is 6.78. The predicted molar refractivity (Wildman–Crippen MR) is 70.1 cm³/mol. The summed E-state index contributed by atoms with van der Waals surface area (Å²) in [4.78, 5) is 0. The molecule has 0 saturated heterocycles. The second-order valence-electron chi connectivity index (χ2n) is 3.66. The summed E-state index contributed by atoms with van der Waals surface area (Å²) in [5.74, 6) is 1.54. The number of nitrogens with zero attached hydrogens (tertiary/aromatic N) is 2. The Morgan fingerprint density at radius 3 is 2.35 bits per heavy atom. The minimum atomic E-state index is 0.619. The third-order valence-corrected chi connectivity index (χ3v) is 2.01. The van der Waals surface area contributed by atoms with Gasteiger partial charge in [0.15, 0.2) is 11.5 Å². The van der Waals surface area contributed by atoms with Gasteiger partial charge in [0, 0.05) is 14.1 Å². The van der Waals surface area contributed by atoms with Gasteiger partial charge in [0.1, 0.15) is 0 Å². The van der Waals surface area contributed by atoms with Crippen LogP contribution in [-0.2, 0) is 0 Å². The fourth-order valence-electron chi connectivity index (χ4n) is 1.33. The fraction of sp³-hybridized carbons (Fsp3) is 0.462. The molecule has 0 bridgehead atoms. The Morgan fingerprint density at radius 1 is 1.12 bits per heavy atom. The summed E-state index contributed by atoms with van der Waals surface area (Å²) in [6.07, 6.45) is 1.79. The molecule has 4 heteroatoms. The van der Waals surface area contributed by atoms with Crippen LogP contribution in [0.1, 0.15) is 19.4 Å². The largest absolute Gasteiger partial charge is 0.490 e. The monoisotopic (exact) mass is 236 g/mol. The van der Waals surface area contributed by atoms with Crippen molar-refractivity contribution in [3.05, 3.63) is 23.8 Å². The molecule has 0 N–H and O–H groups in total. The molecule has 0 aromatic heterocycles. The van der Waals surface area contributed by atoms with Gasteiger partial charge in [0.25, 0.3) is 0 Å². The third kappa shape index (κ3) is 4.34. The number of hydrazone groups is 1. The molecule has 1 aromatic rings. The zero-order chi connectivity index (χ0) is 12.7. The lowest BCUT2D eigenvalue weighted by molar-refractivity contribution is 0.288. The first-order chi connectivity index (χ1) is 8.17. The average Bonchev–Trinajstić information content (AvgIpc) is 2.30. The van der Waals surface area contributed by atoms with Gasteiger partial charge in [-0.25, -0.2) is 0 Å². The van der Waals surface area contributed by atoms with Gasteiger partial charge >= 0.3 is 0 Å². The summed E-state index contributed by atoms with van der Waals surface area (Å²) in [7, 11) is 3.77. The highest BCUT2D eigenvalue weighted by Crippen LogP contribution is 2.27. The molecular formula is C13H20N2O2. The maximum Gasteiger partial charge on any atom is 0.161 e. The van der Waals surface area contributed by atoms with E-state index >= 15 is 0 Å². The van der Waals surface area contributed by atoms with Crippen LogP contribution in [0.4, 0.5) is 0 Å². The van der Waals surface area contributed by atoms with Crippen molar-refractivity contribution in [2.24, 2.45) is 5.10 Å². The van der Waals surface area contributed by atoms with Crippen molar-refractivity contribution in [2.75, 3.05) is 27.3 Å². The molecule has 0 atom stereocenters. The smallest absolute Gasteiger partial charge is 0.161 e. The van der Waals surface area contributed by atoms with Gasteiger partial charge in [0.2, 0.25) is 0 Å². The lowest BCUT2D eigenvalue weighted by Gasteiger charge is -2.11. The van der Waals surface area contributed by atoms with E-state index in [4.69, 9.17) is 9.47 Å². The summed E-state index contributed by atoms with van der Waals surface area (Å²) < 4.78 is 11.0. The normalized spacial score (nSPS) is 10.6. The Labute approximate surface area is 103 Å². The molecule has 94 valence electrons. The first-order valence-electron chi connectivity index (χ1n) is 5.78. The minimum absolute atomic E-state index is 0.619. The highest BCUT2D eigenvalue weighted by atomic mass is 16.5. The second-order valence-corrected chi connectivity index (χ2v) is 3.66. The molecule has 1 rings (SSSR count). The van der Waals surface area contributed by atoms with Crippen LogP contribution in [0.3, 0.4) is 0 Å². The lowest BCUT2D eigenvalue weighted by atomic mass is 10.2. The van der Waals surface area contributed by atoms with Crippen LogP contribution in [0.5, 0.6) is 11.5 Å². The van der Waals surface area contributed by atoms with Crippen molar-refractivity contribution in [3.8, 4) is 11.5 Å². The number of hydrogen-bond donors (Lipinski definition) is 0. The topological polar surface area (TPSA) is 34.1 Å². The highest BCUT2D eigenvalue weighted by Gasteiger charge is 2.04. The van der Waals surface area contributed by atoms with Gasteiger partial charge in [-0.15, -0.1) is 0 Å². The van der Waals surface area contributed by atoms with Crippen LogP contribution in [0, 0.1) is 0 Å². The van der Waals surface area contributed by atoms with E-state index in [-0.39, 0.29) is 0 Å².